The van der Waals surface area contributed by atoms with Crippen molar-refractivity contribution in [3.05, 3.63) is 0 Å². The molecule has 0 aromatic heterocycles. The highest BCUT2D eigenvalue weighted by molar-refractivity contribution is 5.81. The van der Waals surface area contributed by atoms with E-state index >= 15 is 0 Å². The molecular formula is C11H20N4O2. The van der Waals surface area contributed by atoms with Gasteiger partial charge in [-0.3, -0.25) is 14.9 Å². The quantitative estimate of drug-likeness (QED) is 0.576. The summed E-state index contributed by atoms with van der Waals surface area (Å²) in [6.07, 6.45) is 0. The van der Waals surface area contributed by atoms with Gasteiger partial charge in [0.1, 0.15) is 5.54 Å². The molecule has 2 amide bonds. The molecule has 0 unspecified atom stereocenters. The van der Waals surface area contributed by atoms with Crippen molar-refractivity contribution in [2.24, 2.45) is 5.92 Å². The first-order chi connectivity index (χ1) is 7.85. The van der Waals surface area contributed by atoms with E-state index in [1.807, 2.05) is 13.8 Å². The Labute approximate surface area is 102 Å². The van der Waals surface area contributed by atoms with Gasteiger partial charge in [0.25, 0.3) is 0 Å². The predicted octanol–water partition coefficient (Wildman–Crippen LogP) is -0.624. The van der Waals surface area contributed by atoms with Crippen LogP contribution in [0.3, 0.4) is 0 Å². The van der Waals surface area contributed by atoms with Crippen molar-refractivity contribution in [1.82, 2.24) is 16.0 Å². The van der Waals surface area contributed by atoms with Gasteiger partial charge in [-0.05, 0) is 12.8 Å². The van der Waals surface area contributed by atoms with Crippen LogP contribution in [0.15, 0.2) is 0 Å². The summed E-state index contributed by atoms with van der Waals surface area (Å²) in [7, 11) is 1.52. The molecule has 6 nitrogen and oxygen atoms in total. The Hall–Kier alpha value is -1.61. The second-order valence-electron chi connectivity index (χ2n) is 4.29. The van der Waals surface area contributed by atoms with Crippen molar-refractivity contribution in [3.8, 4) is 6.07 Å². The molecule has 0 aliphatic carbocycles. The molecule has 0 spiro atoms. The van der Waals surface area contributed by atoms with Gasteiger partial charge in [-0.25, -0.2) is 0 Å². The molecule has 0 heterocycles. The van der Waals surface area contributed by atoms with Gasteiger partial charge in [-0.15, -0.1) is 0 Å². The molecule has 0 fully saturated rings. The Morgan fingerprint density at radius 3 is 2.24 bits per heavy atom. The highest BCUT2D eigenvalue weighted by Gasteiger charge is 2.29. The van der Waals surface area contributed by atoms with Crippen molar-refractivity contribution in [3.63, 3.8) is 0 Å². The summed E-state index contributed by atoms with van der Waals surface area (Å²) in [6.45, 7) is 5.49. The van der Waals surface area contributed by atoms with Crippen LogP contribution in [0.1, 0.15) is 20.8 Å². The zero-order valence-corrected chi connectivity index (χ0v) is 10.8. The molecule has 0 aromatic rings. The summed E-state index contributed by atoms with van der Waals surface area (Å²) in [6, 6.07) is 2.08. The van der Waals surface area contributed by atoms with E-state index in [-0.39, 0.29) is 30.8 Å². The SMILES string of the molecule is CNC(=O)CNCC(=O)N[C@@](C)(C#N)C(C)C. The average Bonchev–Trinajstić information content (AvgIpc) is 2.28. The summed E-state index contributed by atoms with van der Waals surface area (Å²) in [5, 5.41) is 16.8. The van der Waals surface area contributed by atoms with Crippen molar-refractivity contribution in [1.29, 1.82) is 5.26 Å². The van der Waals surface area contributed by atoms with Gasteiger partial charge in [-0.1, -0.05) is 13.8 Å². The smallest absolute Gasteiger partial charge is 0.235 e. The lowest BCUT2D eigenvalue weighted by Crippen LogP contribution is -2.51. The first-order valence-electron chi connectivity index (χ1n) is 5.49. The number of hydrogen-bond acceptors (Lipinski definition) is 4. The minimum Gasteiger partial charge on any atom is -0.358 e. The van der Waals surface area contributed by atoms with Gasteiger partial charge in [0.15, 0.2) is 0 Å². The van der Waals surface area contributed by atoms with Crippen LogP contribution in [-0.4, -0.2) is 37.5 Å². The Bertz CT molecular complexity index is 322. The van der Waals surface area contributed by atoms with E-state index in [0.717, 1.165) is 0 Å². The standard InChI is InChI=1S/C11H20N4O2/c1-8(2)11(3,7-12)15-10(17)6-14-5-9(16)13-4/h8,14H,5-6H2,1-4H3,(H,13,16)(H,15,17)/t11-/m0/s1. The zero-order valence-electron chi connectivity index (χ0n) is 10.8. The maximum Gasteiger partial charge on any atom is 0.235 e. The fourth-order valence-corrected chi connectivity index (χ4v) is 1.01. The topological polar surface area (TPSA) is 94.0 Å². The lowest BCUT2D eigenvalue weighted by Gasteiger charge is -2.27. The van der Waals surface area contributed by atoms with Crippen molar-refractivity contribution >= 4 is 11.8 Å². The molecule has 0 aliphatic heterocycles. The predicted molar refractivity (Wildman–Crippen MR) is 63.9 cm³/mol. The molecule has 1 atom stereocenters. The van der Waals surface area contributed by atoms with Gasteiger partial charge in [0.05, 0.1) is 19.2 Å². The van der Waals surface area contributed by atoms with Crippen LogP contribution in [0.25, 0.3) is 0 Å². The van der Waals surface area contributed by atoms with E-state index in [1.54, 1.807) is 6.92 Å². The molecule has 3 N–H and O–H groups in total. The Morgan fingerprint density at radius 1 is 1.29 bits per heavy atom. The van der Waals surface area contributed by atoms with Gasteiger partial charge in [-0.2, -0.15) is 5.26 Å². The lowest BCUT2D eigenvalue weighted by atomic mass is 9.90. The second kappa shape index (κ2) is 6.86. The van der Waals surface area contributed by atoms with E-state index in [9.17, 15) is 9.59 Å². The van der Waals surface area contributed by atoms with Gasteiger partial charge >= 0.3 is 0 Å². The minimum absolute atomic E-state index is 0.00962. The Balaban J connectivity index is 4.10. The van der Waals surface area contributed by atoms with Gasteiger partial charge in [0, 0.05) is 7.05 Å². The molecule has 6 heteroatoms. The highest BCUT2D eigenvalue weighted by Crippen LogP contribution is 2.14. The third-order valence-electron chi connectivity index (χ3n) is 2.64. The van der Waals surface area contributed by atoms with Crippen LogP contribution in [0.2, 0.25) is 0 Å². The third-order valence-corrected chi connectivity index (χ3v) is 2.64. The number of nitrogens with one attached hydrogen (secondary N) is 3. The first kappa shape index (κ1) is 15.4. The van der Waals surface area contributed by atoms with Crippen molar-refractivity contribution in [2.75, 3.05) is 20.1 Å². The van der Waals surface area contributed by atoms with Crippen LogP contribution in [0.5, 0.6) is 0 Å². The molecule has 0 bridgehead atoms. The van der Waals surface area contributed by atoms with Crippen molar-refractivity contribution < 1.29 is 9.59 Å². The minimum atomic E-state index is -0.883. The molecule has 0 saturated carbocycles. The summed E-state index contributed by atoms with van der Waals surface area (Å²) in [4.78, 5) is 22.4. The van der Waals surface area contributed by atoms with Crippen LogP contribution < -0.4 is 16.0 Å². The van der Waals surface area contributed by atoms with Crippen LogP contribution in [0, 0.1) is 17.2 Å². The summed E-state index contributed by atoms with van der Waals surface area (Å²) in [5.41, 5.74) is -0.883. The van der Waals surface area contributed by atoms with E-state index < -0.39 is 5.54 Å². The maximum atomic E-state index is 11.5. The number of likely N-dealkylation sites (N-methyl/N-ethyl adjacent to an activating group) is 1. The summed E-state index contributed by atoms with van der Waals surface area (Å²) in [5.74, 6) is -0.480. The monoisotopic (exact) mass is 240 g/mol. The third kappa shape index (κ3) is 5.31. The lowest BCUT2D eigenvalue weighted by molar-refractivity contribution is -0.122. The number of nitriles is 1. The number of hydrogen-bond donors (Lipinski definition) is 3. The number of rotatable bonds is 6. The Kier molecular flexibility index (Phi) is 6.21. The average molecular weight is 240 g/mol. The molecule has 0 aliphatic rings. The zero-order chi connectivity index (χ0) is 13.5. The fraction of sp³-hybridized carbons (Fsp3) is 0.727. The second-order valence-corrected chi connectivity index (χ2v) is 4.29. The van der Waals surface area contributed by atoms with Crippen molar-refractivity contribution in [2.45, 2.75) is 26.3 Å². The summed E-state index contributed by atoms with van der Waals surface area (Å²) >= 11 is 0. The van der Waals surface area contributed by atoms with Crippen LogP contribution in [0.4, 0.5) is 0 Å². The number of nitrogens with zero attached hydrogens (tertiary/aromatic N) is 1. The largest absolute Gasteiger partial charge is 0.358 e. The van der Waals surface area contributed by atoms with Crippen LogP contribution >= 0.6 is 0 Å². The van der Waals surface area contributed by atoms with E-state index in [4.69, 9.17) is 5.26 Å². The molecule has 0 radical (unpaired) electrons. The molecule has 96 valence electrons. The first-order valence-corrected chi connectivity index (χ1v) is 5.49. The molecule has 0 saturated heterocycles. The Morgan fingerprint density at radius 2 is 1.82 bits per heavy atom. The summed E-state index contributed by atoms with van der Waals surface area (Å²) < 4.78 is 0. The number of amides is 2. The van der Waals surface area contributed by atoms with E-state index in [0.29, 0.717) is 0 Å². The normalized spacial score (nSPS) is 13.6. The van der Waals surface area contributed by atoms with Gasteiger partial charge < -0.3 is 10.6 Å². The molecule has 0 aromatic carbocycles. The van der Waals surface area contributed by atoms with E-state index in [2.05, 4.69) is 22.0 Å². The molecule has 17 heavy (non-hydrogen) atoms. The highest BCUT2D eigenvalue weighted by atomic mass is 16.2. The molecular weight excluding hydrogens is 220 g/mol. The number of carbonyl (C=O) groups excluding carboxylic acids is 2. The van der Waals surface area contributed by atoms with Crippen LogP contribution in [-0.2, 0) is 9.59 Å². The van der Waals surface area contributed by atoms with Gasteiger partial charge in [0.2, 0.25) is 11.8 Å². The maximum absolute atomic E-state index is 11.5. The fourth-order valence-electron chi connectivity index (χ4n) is 1.01. The number of carbonyl (C=O) groups is 2. The molecule has 0 rings (SSSR count). The van der Waals surface area contributed by atoms with E-state index in [1.165, 1.54) is 7.05 Å².